The minimum Gasteiger partial charge on any atom is -0.497 e. The van der Waals surface area contributed by atoms with Crippen molar-refractivity contribution < 1.29 is 18.3 Å². The fraction of sp³-hybridized carbons (Fsp3) is 0.550. The summed E-state index contributed by atoms with van der Waals surface area (Å²) in [5.74, 6) is 0.231. The minimum atomic E-state index is -2.48. The Balaban J connectivity index is 1.58. The van der Waals surface area contributed by atoms with Crippen molar-refractivity contribution in [2.45, 2.75) is 44.3 Å². The zero-order valence-corrected chi connectivity index (χ0v) is 14.8. The van der Waals surface area contributed by atoms with Crippen molar-refractivity contribution in [1.29, 1.82) is 0 Å². The summed E-state index contributed by atoms with van der Waals surface area (Å²) in [7, 11) is 0. The summed E-state index contributed by atoms with van der Waals surface area (Å²) in [6.07, 6.45) is 4.75. The van der Waals surface area contributed by atoms with Gasteiger partial charge in [-0.3, -0.25) is 9.69 Å². The van der Waals surface area contributed by atoms with Crippen LogP contribution in [0.2, 0.25) is 0 Å². The van der Waals surface area contributed by atoms with Crippen LogP contribution in [0.5, 0.6) is 0 Å². The third kappa shape index (κ3) is 5.80. The monoisotopic (exact) mass is 364 g/mol. The second-order valence-corrected chi connectivity index (χ2v) is 7.09. The van der Waals surface area contributed by atoms with Gasteiger partial charge in [0, 0.05) is 6.54 Å². The lowest BCUT2D eigenvalue weighted by Gasteiger charge is -2.28. The molecule has 142 valence electrons. The highest BCUT2D eigenvalue weighted by Crippen LogP contribution is 2.40. The summed E-state index contributed by atoms with van der Waals surface area (Å²) in [5.41, 5.74) is 1.07. The van der Waals surface area contributed by atoms with Crippen molar-refractivity contribution in [3.8, 4) is 0 Å². The number of carbonyl (C=O) groups is 1. The maximum Gasteiger partial charge on any atom is 0.251 e. The van der Waals surface area contributed by atoms with Gasteiger partial charge in [0.05, 0.1) is 25.4 Å². The smallest absolute Gasteiger partial charge is 0.251 e. The number of halogens is 2. The van der Waals surface area contributed by atoms with Crippen LogP contribution in [-0.4, -0.2) is 43.0 Å². The summed E-state index contributed by atoms with van der Waals surface area (Å²) < 4.78 is 31.3. The van der Waals surface area contributed by atoms with Crippen molar-refractivity contribution in [2.75, 3.05) is 19.6 Å². The predicted octanol–water partition coefficient (Wildman–Crippen LogP) is 3.51. The number of hydrogen-bond acceptors (Lipinski definition) is 3. The molecule has 1 fully saturated rings. The van der Waals surface area contributed by atoms with E-state index in [0.29, 0.717) is 12.5 Å². The van der Waals surface area contributed by atoms with Crippen LogP contribution >= 0.6 is 0 Å². The van der Waals surface area contributed by atoms with Gasteiger partial charge in [0.25, 0.3) is 6.43 Å². The average Bonchev–Trinajstić information content (AvgIpc) is 3.45. The van der Waals surface area contributed by atoms with E-state index in [4.69, 9.17) is 4.74 Å². The molecule has 1 aliphatic carbocycles. The number of ether oxygens (including phenoxy) is 1. The van der Waals surface area contributed by atoms with E-state index in [1.165, 1.54) is 4.90 Å². The average molecular weight is 364 g/mol. The third-order valence-corrected chi connectivity index (χ3v) is 4.82. The fourth-order valence-electron chi connectivity index (χ4n) is 3.39. The molecule has 3 rings (SSSR count). The first-order chi connectivity index (χ1) is 12.6. The summed E-state index contributed by atoms with van der Waals surface area (Å²) in [6.45, 7) is -0.123. The molecule has 0 spiro atoms. The van der Waals surface area contributed by atoms with Gasteiger partial charge in [-0.2, -0.15) is 0 Å². The highest BCUT2D eigenvalue weighted by molar-refractivity contribution is 5.78. The summed E-state index contributed by atoms with van der Waals surface area (Å²) in [4.78, 5) is 14.0. The lowest BCUT2D eigenvalue weighted by atomic mass is 10.0. The zero-order chi connectivity index (χ0) is 18.4. The van der Waals surface area contributed by atoms with Gasteiger partial charge in [0.1, 0.15) is 6.10 Å². The number of allylic oxidation sites excluding steroid dienone is 1. The molecule has 1 aromatic carbocycles. The van der Waals surface area contributed by atoms with Crippen molar-refractivity contribution >= 4 is 5.91 Å². The van der Waals surface area contributed by atoms with Crippen LogP contribution in [0.1, 0.15) is 37.3 Å². The largest absolute Gasteiger partial charge is 0.497 e. The Morgan fingerprint density at radius 2 is 2.00 bits per heavy atom. The van der Waals surface area contributed by atoms with Gasteiger partial charge in [-0.1, -0.05) is 30.3 Å². The van der Waals surface area contributed by atoms with E-state index < -0.39 is 13.0 Å². The molecule has 6 heteroatoms. The van der Waals surface area contributed by atoms with Crippen molar-refractivity contribution in [2.24, 2.45) is 5.92 Å². The summed E-state index contributed by atoms with van der Waals surface area (Å²) in [5, 5.41) is 3.06. The quantitative estimate of drug-likeness (QED) is 0.729. The fourth-order valence-corrected chi connectivity index (χ4v) is 3.39. The lowest BCUT2D eigenvalue weighted by molar-refractivity contribution is -0.124. The lowest BCUT2D eigenvalue weighted by Crippen LogP contribution is -2.44. The maximum absolute atomic E-state index is 12.9. The van der Waals surface area contributed by atoms with E-state index in [2.05, 4.69) is 5.32 Å². The molecule has 0 bridgehead atoms. The molecular weight excluding hydrogens is 338 g/mol. The van der Waals surface area contributed by atoms with Gasteiger partial charge in [-0.25, -0.2) is 8.78 Å². The Hall–Kier alpha value is -1.95. The molecule has 1 aliphatic heterocycles. The number of benzene rings is 1. The molecule has 0 radical (unpaired) electrons. The predicted molar refractivity (Wildman–Crippen MR) is 95.7 cm³/mol. The standard InChI is InChI=1S/C20H26F2N2O2/c21-18(22)13-24(12-17-8-4-5-11-26-17)14-19(25)23-20(16-9-10-16)15-6-2-1-3-7-15/h1-3,5-7,11,16-18,20H,4,8-10,12-14H2,(H,23,25)/t17-,20+/m1/s1. The van der Waals surface area contributed by atoms with Crippen LogP contribution in [0.4, 0.5) is 8.78 Å². The number of alkyl halides is 2. The number of nitrogens with zero attached hydrogens (tertiary/aromatic N) is 1. The van der Waals surface area contributed by atoms with Crippen molar-refractivity contribution in [3.05, 3.63) is 48.2 Å². The second-order valence-electron chi connectivity index (χ2n) is 7.09. The number of carbonyl (C=O) groups excluding carboxylic acids is 1. The molecule has 2 atom stereocenters. The normalized spacial score (nSPS) is 20.8. The van der Waals surface area contributed by atoms with Crippen LogP contribution in [0.25, 0.3) is 0 Å². The van der Waals surface area contributed by atoms with Crippen LogP contribution in [0.15, 0.2) is 42.7 Å². The molecule has 1 heterocycles. The Labute approximate surface area is 153 Å². The molecule has 1 aromatic rings. The van der Waals surface area contributed by atoms with Crippen molar-refractivity contribution in [3.63, 3.8) is 0 Å². The first kappa shape index (κ1) is 18.8. The molecule has 1 saturated carbocycles. The molecule has 4 nitrogen and oxygen atoms in total. The highest BCUT2D eigenvalue weighted by Gasteiger charge is 2.33. The topological polar surface area (TPSA) is 41.6 Å². The number of amides is 1. The molecular formula is C20H26F2N2O2. The number of rotatable bonds is 9. The van der Waals surface area contributed by atoms with E-state index in [1.54, 1.807) is 6.26 Å². The van der Waals surface area contributed by atoms with Crippen molar-refractivity contribution in [1.82, 2.24) is 10.2 Å². The SMILES string of the molecule is O=C(CN(CC(F)F)C[C@H]1CCC=CO1)N[C@@H](c1ccccc1)C1CC1. The van der Waals surface area contributed by atoms with Gasteiger partial charge in [0.15, 0.2) is 0 Å². The van der Waals surface area contributed by atoms with Gasteiger partial charge >= 0.3 is 0 Å². The maximum atomic E-state index is 12.9. The Bertz CT molecular complexity index is 605. The molecule has 1 N–H and O–H groups in total. The van der Waals surface area contributed by atoms with Gasteiger partial charge < -0.3 is 10.1 Å². The van der Waals surface area contributed by atoms with Gasteiger partial charge in [0.2, 0.25) is 5.91 Å². The van der Waals surface area contributed by atoms with Crippen LogP contribution in [0, 0.1) is 5.92 Å². The first-order valence-electron chi connectivity index (χ1n) is 9.27. The van der Waals surface area contributed by atoms with Gasteiger partial charge in [-0.15, -0.1) is 0 Å². The van der Waals surface area contributed by atoms with E-state index in [9.17, 15) is 13.6 Å². The Kier molecular flexibility index (Phi) is 6.61. The first-order valence-corrected chi connectivity index (χ1v) is 9.27. The summed E-state index contributed by atoms with van der Waals surface area (Å²) >= 11 is 0. The summed E-state index contributed by atoms with van der Waals surface area (Å²) in [6, 6.07) is 9.82. The molecule has 2 aliphatic rings. The Morgan fingerprint density at radius 1 is 1.23 bits per heavy atom. The van der Waals surface area contributed by atoms with E-state index in [-0.39, 0.29) is 24.6 Å². The minimum absolute atomic E-state index is 0.0361. The molecule has 0 aromatic heterocycles. The van der Waals surface area contributed by atoms with Crippen LogP contribution in [0.3, 0.4) is 0 Å². The number of nitrogens with one attached hydrogen (secondary N) is 1. The Morgan fingerprint density at radius 3 is 2.62 bits per heavy atom. The van der Waals surface area contributed by atoms with E-state index in [1.807, 2.05) is 36.4 Å². The third-order valence-electron chi connectivity index (χ3n) is 4.82. The highest BCUT2D eigenvalue weighted by atomic mass is 19.3. The number of hydrogen-bond donors (Lipinski definition) is 1. The van der Waals surface area contributed by atoms with Crippen LogP contribution in [-0.2, 0) is 9.53 Å². The van der Waals surface area contributed by atoms with Gasteiger partial charge in [-0.05, 0) is 43.2 Å². The molecule has 1 amide bonds. The van der Waals surface area contributed by atoms with E-state index in [0.717, 1.165) is 31.2 Å². The second kappa shape index (κ2) is 9.12. The zero-order valence-electron chi connectivity index (χ0n) is 14.8. The molecule has 26 heavy (non-hydrogen) atoms. The van der Waals surface area contributed by atoms with E-state index >= 15 is 0 Å². The molecule has 0 saturated heterocycles. The van der Waals surface area contributed by atoms with Crippen LogP contribution < -0.4 is 5.32 Å². The molecule has 0 unspecified atom stereocenters.